The molecular formula is C27H31N7O. The van der Waals surface area contributed by atoms with E-state index in [0.29, 0.717) is 12.3 Å². The van der Waals surface area contributed by atoms with E-state index in [0.717, 1.165) is 71.4 Å². The molecule has 1 aromatic carbocycles. The summed E-state index contributed by atoms with van der Waals surface area (Å²) < 4.78 is 6.14. The molecule has 8 nitrogen and oxygen atoms in total. The van der Waals surface area contributed by atoms with Gasteiger partial charge < -0.3 is 20.4 Å². The Morgan fingerprint density at radius 3 is 2.97 bits per heavy atom. The second-order valence-electron chi connectivity index (χ2n) is 9.74. The minimum absolute atomic E-state index is 0.163. The second-order valence-corrected chi connectivity index (χ2v) is 9.74. The number of ether oxygens (including phenoxy) is 1. The molecule has 8 heteroatoms. The molecule has 2 atom stereocenters. The van der Waals surface area contributed by atoms with Gasteiger partial charge in [-0.15, -0.1) is 0 Å². The summed E-state index contributed by atoms with van der Waals surface area (Å²) >= 11 is 0. The van der Waals surface area contributed by atoms with Crippen molar-refractivity contribution in [1.29, 1.82) is 0 Å². The van der Waals surface area contributed by atoms with Gasteiger partial charge in [0.25, 0.3) is 0 Å². The lowest BCUT2D eigenvalue weighted by Gasteiger charge is -2.29. The van der Waals surface area contributed by atoms with E-state index in [1.54, 1.807) is 6.33 Å². The highest BCUT2D eigenvalue weighted by molar-refractivity contribution is 5.78. The van der Waals surface area contributed by atoms with Crippen LogP contribution in [0.3, 0.4) is 0 Å². The Morgan fingerprint density at radius 2 is 2.11 bits per heavy atom. The lowest BCUT2D eigenvalue weighted by molar-refractivity contribution is 0.331. The van der Waals surface area contributed by atoms with Gasteiger partial charge in [-0.2, -0.15) is 0 Å². The molecule has 2 aliphatic rings. The SMILES string of the molecule is CCC1CCc2c(ncnc2N2CCOc3ccc(-c4cnc5nc(C(C)N)[nH]c5c4)cc3C2)C1. The zero-order valence-corrected chi connectivity index (χ0v) is 20.3. The second kappa shape index (κ2) is 8.92. The molecule has 0 spiro atoms. The number of fused-ring (bicyclic) bond motifs is 3. The summed E-state index contributed by atoms with van der Waals surface area (Å²) in [6, 6.07) is 8.30. The minimum atomic E-state index is -0.163. The summed E-state index contributed by atoms with van der Waals surface area (Å²) in [7, 11) is 0. The van der Waals surface area contributed by atoms with Crippen LogP contribution in [0.15, 0.2) is 36.8 Å². The van der Waals surface area contributed by atoms with Gasteiger partial charge in [-0.1, -0.05) is 19.4 Å². The number of nitrogens with two attached hydrogens (primary N) is 1. The van der Waals surface area contributed by atoms with Gasteiger partial charge in [0.15, 0.2) is 5.65 Å². The van der Waals surface area contributed by atoms with E-state index in [2.05, 4.69) is 56.0 Å². The Morgan fingerprint density at radius 1 is 1.20 bits per heavy atom. The maximum atomic E-state index is 6.14. The summed E-state index contributed by atoms with van der Waals surface area (Å²) in [4.78, 5) is 24.1. The van der Waals surface area contributed by atoms with Crippen molar-refractivity contribution in [1.82, 2.24) is 24.9 Å². The molecule has 35 heavy (non-hydrogen) atoms. The molecule has 180 valence electrons. The fourth-order valence-corrected chi connectivity index (χ4v) is 5.26. The van der Waals surface area contributed by atoms with Crippen LogP contribution in [0.2, 0.25) is 0 Å². The number of nitrogens with one attached hydrogen (secondary N) is 1. The number of hydrogen-bond donors (Lipinski definition) is 2. The smallest absolute Gasteiger partial charge is 0.177 e. The number of imidazole rings is 1. The molecule has 0 saturated heterocycles. The van der Waals surface area contributed by atoms with Crippen molar-refractivity contribution in [3.05, 3.63) is 59.4 Å². The predicted molar refractivity (Wildman–Crippen MR) is 136 cm³/mol. The van der Waals surface area contributed by atoms with Gasteiger partial charge in [0.05, 0.1) is 18.1 Å². The maximum Gasteiger partial charge on any atom is 0.177 e. The molecule has 0 amide bonds. The number of nitrogens with zero attached hydrogens (tertiary/aromatic N) is 5. The van der Waals surface area contributed by atoms with Gasteiger partial charge in [0.1, 0.15) is 30.3 Å². The highest BCUT2D eigenvalue weighted by Gasteiger charge is 2.26. The first-order valence-electron chi connectivity index (χ1n) is 12.5. The van der Waals surface area contributed by atoms with Crippen molar-refractivity contribution in [2.45, 2.75) is 52.1 Å². The standard InChI is InChI=1S/C27H31N7O/c1-3-17-4-6-21-22(10-17)30-15-31-27(21)34-8-9-35-24-7-5-18(11-20(24)14-34)19-12-23-26(29-13-19)33-25(32-23)16(2)28/h5,7,11-13,15-17H,3-4,6,8-10,14,28H2,1-2H3,(H,29,32,33). The Kier molecular flexibility index (Phi) is 5.60. The fraction of sp³-hybridized carbons (Fsp3) is 0.407. The first-order valence-corrected chi connectivity index (χ1v) is 12.5. The van der Waals surface area contributed by atoms with Crippen LogP contribution in [0.4, 0.5) is 5.82 Å². The van der Waals surface area contributed by atoms with E-state index >= 15 is 0 Å². The lowest BCUT2D eigenvalue weighted by Crippen LogP contribution is -2.29. The number of H-pyrrole nitrogens is 1. The van der Waals surface area contributed by atoms with E-state index in [9.17, 15) is 0 Å². The molecule has 6 rings (SSSR count). The number of aromatic amines is 1. The number of benzene rings is 1. The molecule has 0 saturated carbocycles. The quantitative estimate of drug-likeness (QED) is 0.458. The van der Waals surface area contributed by atoms with Crippen LogP contribution >= 0.6 is 0 Å². The van der Waals surface area contributed by atoms with Crippen LogP contribution in [-0.4, -0.2) is 38.1 Å². The van der Waals surface area contributed by atoms with Crippen LogP contribution in [-0.2, 0) is 19.4 Å². The lowest BCUT2D eigenvalue weighted by atomic mass is 9.85. The number of anilines is 1. The normalized spacial score (nSPS) is 18.5. The number of hydrogen-bond acceptors (Lipinski definition) is 7. The molecular weight excluding hydrogens is 438 g/mol. The highest BCUT2D eigenvalue weighted by atomic mass is 16.5. The topological polar surface area (TPSA) is 106 Å². The van der Waals surface area contributed by atoms with Crippen molar-refractivity contribution in [2.24, 2.45) is 11.7 Å². The zero-order chi connectivity index (χ0) is 23.9. The van der Waals surface area contributed by atoms with Crippen molar-refractivity contribution in [3.8, 4) is 16.9 Å². The minimum Gasteiger partial charge on any atom is -0.491 e. The van der Waals surface area contributed by atoms with Crippen molar-refractivity contribution < 1.29 is 4.74 Å². The fourth-order valence-electron chi connectivity index (χ4n) is 5.26. The average Bonchev–Trinajstić information content (AvgIpc) is 3.20. The van der Waals surface area contributed by atoms with Gasteiger partial charge in [0.2, 0.25) is 0 Å². The van der Waals surface area contributed by atoms with Crippen molar-refractivity contribution in [3.63, 3.8) is 0 Å². The molecule has 3 N–H and O–H groups in total. The zero-order valence-electron chi connectivity index (χ0n) is 20.3. The molecule has 0 bridgehead atoms. The monoisotopic (exact) mass is 469 g/mol. The Balaban J connectivity index is 1.32. The molecule has 0 radical (unpaired) electrons. The summed E-state index contributed by atoms with van der Waals surface area (Å²) in [6.45, 7) is 6.36. The van der Waals surface area contributed by atoms with E-state index in [1.807, 2.05) is 13.1 Å². The van der Waals surface area contributed by atoms with E-state index in [1.165, 1.54) is 24.1 Å². The first kappa shape index (κ1) is 22.0. The van der Waals surface area contributed by atoms with Gasteiger partial charge >= 0.3 is 0 Å². The first-order chi connectivity index (χ1) is 17.1. The van der Waals surface area contributed by atoms with Gasteiger partial charge in [-0.3, -0.25) is 0 Å². The van der Waals surface area contributed by atoms with Gasteiger partial charge in [-0.05, 0) is 55.9 Å². The molecule has 4 aromatic rings. The van der Waals surface area contributed by atoms with Crippen LogP contribution in [0.25, 0.3) is 22.3 Å². The number of rotatable bonds is 4. The van der Waals surface area contributed by atoms with E-state index in [-0.39, 0.29) is 6.04 Å². The maximum absolute atomic E-state index is 6.14. The molecule has 0 fully saturated rings. The third-order valence-electron chi connectivity index (χ3n) is 7.33. The van der Waals surface area contributed by atoms with Gasteiger partial charge in [-0.25, -0.2) is 19.9 Å². The number of aromatic nitrogens is 5. The summed E-state index contributed by atoms with van der Waals surface area (Å²) in [5, 5.41) is 0. The average molecular weight is 470 g/mol. The molecule has 1 aliphatic heterocycles. The van der Waals surface area contributed by atoms with E-state index < -0.39 is 0 Å². The Bertz CT molecular complexity index is 1380. The highest BCUT2D eigenvalue weighted by Crippen LogP contribution is 2.35. The number of pyridine rings is 1. The van der Waals surface area contributed by atoms with Crippen LogP contribution in [0.5, 0.6) is 5.75 Å². The van der Waals surface area contributed by atoms with Crippen LogP contribution in [0, 0.1) is 5.92 Å². The molecule has 1 aliphatic carbocycles. The predicted octanol–water partition coefficient (Wildman–Crippen LogP) is 4.35. The third kappa shape index (κ3) is 4.12. The Hall–Kier alpha value is -3.52. The molecule has 3 aromatic heterocycles. The Labute approximate surface area is 205 Å². The summed E-state index contributed by atoms with van der Waals surface area (Å²) in [6.07, 6.45) is 8.13. The summed E-state index contributed by atoms with van der Waals surface area (Å²) in [5.74, 6) is 3.47. The third-order valence-corrected chi connectivity index (χ3v) is 7.33. The van der Waals surface area contributed by atoms with E-state index in [4.69, 9.17) is 15.5 Å². The molecule has 2 unspecified atom stereocenters. The van der Waals surface area contributed by atoms with Crippen molar-refractivity contribution >= 4 is 17.0 Å². The largest absolute Gasteiger partial charge is 0.491 e. The van der Waals surface area contributed by atoms with Crippen molar-refractivity contribution in [2.75, 3.05) is 18.1 Å². The van der Waals surface area contributed by atoms with Crippen LogP contribution in [0.1, 0.15) is 55.4 Å². The van der Waals surface area contributed by atoms with Gasteiger partial charge in [0, 0.05) is 35.1 Å². The molecule has 4 heterocycles. The summed E-state index contributed by atoms with van der Waals surface area (Å²) in [5.41, 5.74) is 13.4. The van der Waals surface area contributed by atoms with Crippen LogP contribution < -0.4 is 15.4 Å².